The summed E-state index contributed by atoms with van der Waals surface area (Å²) < 4.78 is 0. The lowest BCUT2D eigenvalue weighted by atomic mass is 9.98. The number of aromatic nitrogens is 2. The highest BCUT2D eigenvalue weighted by Crippen LogP contribution is 2.33. The molecule has 6 rings (SSSR count). The second-order valence-electron chi connectivity index (χ2n) is 7.15. The zero-order valence-electron chi connectivity index (χ0n) is 14.3. The smallest absolute Gasteiger partial charge is 0.0471 e. The van der Waals surface area contributed by atoms with E-state index in [2.05, 4.69) is 82.8 Å². The molecule has 2 heterocycles. The van der Waals surface area contributed by atoms with Crippen molar-refractivity contribution in [3.8, 4) is 11.1 Å². The number of hydrogen-bond acceptors (Lipinski definition) is 0. The van der Waals surface area contributed by atoms with Gasteiger partial charge < -0.3 is 9.97 Å². The molecule has 2 heteroatoms. The number of H-pyrrole nitrogens is 2. The minimum Gasteiger partial charge on any atom is -0.355 e. The summed E-state index contributed by atoms with van der Waals surface area (Å²) in [5.41, 5.74) is 8.84. The zero-order valence-corrected chi connectivity index (χ0v) is 14.3. The second-order valence-corrected chi connectivity index (χ2v) is 7.15. The molecule has 3 aromatic carbocycles. The molecule has 0 atom stereocenters. The number of benzene rings is 3. The maximum Gasteiger partial charge on any atom is 0.0471 e. The van der Waals surface area contributed by atoms with Crippen LogP contribution >= 0.6 is 0 Å². The van der Waals surface area contributed by atoms with E-state index in [1.54, 1.807) is 0 Å². The lowest BCUT2D eigenvalue weighted by Gasteiger charge is -2.05. The number of rotatable bonds is 1. The van der Waals surface area contributed by atoms with Crippen LogP contribution in [0.4, 0.5) is 0 Å². The molecule has 26 heavy (non-hydrogen) atoms. The van der Waals surface area contributed by atoms with Crippen molar-refractivity contribution in [3.05, 3.63) is 78.0 Å². The van der Waals surface area contributed by atoms with Gasteiger partial charge in [0.05, 0.1) is 0 Å². The van der Waals surface area contributed by atoms with E-state index in [0.29, 0.717) is 0 Å². The summed E-state index contributed by atoms with van der Waals surface area (Å²) in [5, 5.41) is 3.93. The van der Waals surface area contributed by atoms with Crippen LogP contribution in [0, 0.1) is 0 Å². The van der Waals surface area contributed by atoms with Gasteiger partial charge in [0, 0.05) is 38.4 Å². The fourth-order valence-electron chi connectivity index (χ4n) is 4.33. The highest BCUT2D eigenvalue weighted by molar-refractivity contribution is 6.08. The van der Waals surface area contributed by atoms with Gasteiger partial charge in [0.1, 0.15) is 0 Å². The summed E-state index contributed by atoms with van der Waals surface area (Å²) in [5.74, 6) is 0. The van der Waals surface area contributed by atoms with Crippen molar-refractivity contribution in [1.82, 2.24) is 9.97 Å². The van der Waals surface area contributed by atoms with Gasteiger partial charge in [-0.2, -0.15) is 0 Å². The van der Waals surface area contributed by atoms with Crippen molar-refractivity contribution < 1.29 is 0 Å². The lowest BCUT2D eigenvalue weighted by molar-refractivity contribution is 0.992. The lowest BCUT2D eigenvalue weighted by Crippen LogP contribution is -1.90. The maximum atomic E-state index is 3.59. The minimum absolute atomic E-state index is 1.13. The molecule has 2 aromatic heterocycles. The topological polar surface area (TPSA) is 31.6 Å². The fraction of sp³-hybridized carbons (Fsp3) is 0.0833. The van der Waals surface area contributed by atoms with Gasteiger partial charge in [-0.25, -0.2) is 0 Å². The number of hydrogen-bond donors (Lipinski definition) is 2. The van der Waals surface area contributed by atoms with Crippen LogP contribution in [0.5, 0.6) is 0 Å². The van der Waals surface area contributed by atoms with Gasteiger partial charge >= 0.3 is 0 Å². The number of fused-ring (bicyclic) bond motifs is 6. The van der Waals surface area contributed by atoms with E-state index in [-0.39, 0.29) is 0 Å². The zero-order chi connectivity index (χ0) is 17.1. The minimum atomic E-state index is 1.13. The highest BCUT2D eigenvalue weighted by Gasteiger charge is 2.13. The van der Waals surface area contributed by atoms with Crippen LogP contribution < -0.4 is 0 Å². The van der Waals surface area contributed by atoms with E-state index in [1.807, 2.05) is 0 Å². The number of allylic oxidation sites excluding steroid dienone is 1. The first-order valence-electron chi connectivity index (χ1n) is 9.19. The normalized spacial score (nSPS) is 13.7. The number of aromatic amines is 2. The molecule has 0 amide bonds. The van der Waals surface area contributed by atoms with Crippen LogP contribution in [-0.4, -0.2) is 9.97 Å². The van der Waals surface area contributed by atoms with E-state index in [1.165, 1.54) is 55.1 Å². The van der Waals surface area contributed by atoms with Crippen molar-refractivity contribution >= 4 is 38.8 Å². The average Bonchev–Trinajstić information content (AvgIpc) is 3.24. The van der Waals surface area contributed by atoms with E-state index in [9.17, 15) is 0 Å². The molecule has 0 bridgehead atoms. The molecule has 0 saturated carbocycles. The quantitative estimate of drug-likeness (QED) is 0.354. The van der Waals surface area contributed by atoms with Gasteiger partial charge in [0.2, 0.25) is 0 Å². The molecule has 0 saturated heterocycles. The third kappa shape index (κ3) is 1.93. The van der Waals surface area contributed by atoms with Crippen LogP contribution in [0.25, 0.3) is 49.9 Å². The SMILES string of the molecule is C1=Cc2[nH]c3cc(-c4ccc5c(c4)[nH]c4ccccc45)ccc3c2CC1. The van der Waals surface area contributed by atoms with E-state index in [4.69, 9.17) is 0 Å². The van der Waals surface area contributed by atoms with E-state index in [0.717, 1.165) is 12.8 Å². The average molecular weight is 334 g/mol. The van der Waals surface area contributed by atoms with Gasteiger partial charge in [-0.3, -0.25) is 0 Å². The molecular formula is C24H18N2. The molecule has 2 N–H and O–H groups in total. The van der Waals surface area contributed by atoms with Crippen LogP contribution in [-0.2, 0) is 6.42 Å². The molecular weight excluding hydrogens is 316 g/mol. The van der Waals surface area contributed by atoms with E-state index >= 15 is 0 Å². The summed E-state index contributed by atoms with van der Waals surface area (Å²) in [6.07, 6.45) is 6.74. The molecule has 5 aromatic rings. The molecule has 1 aliphatic rings. The molecule has 2 nitrogen and oxygen atoms in total. The number of para-hydroxylation sites is 1. The molecule has 0 fully saturated rings. The maximum absolute atomic E-state index is 3.59. The third-order valence-electron chi connectivity index (χ3n) is 5.62. The molecule has 1 aliphatic carbocycles. The first kappa shape index (κ1) is 14.0. The summed E-state index contributed by atoms with van der Waals surface area (Å²) in [6, 6.07) is 22.0. The van der Waals surface area contributed by atoms with Crippen LogP contribution in [0.1, 0.15) is 17.7 Å². The first-order chi connectivity index (χ1) is 12.9. The molecule has 124 valence electrons. The first-order valence-corrected chi connectivity index (χ1v) is 9.19. The Kier molecular flexibility index (Phi) is 2.75. The Labute approximate surface area is 151 Å². The van der Waals surface area contributed by atoms with Crippen molar-refractivity contribution in [3.63, 3.8) is 0 Å². The summed E-state index contributed by atoms with van der Waals surface area (Å²) in [4.78, 5) is 7.14. The van der Waals surface area contributed by atoms with Crippen molar-refractivity contribution in [2.24, 2.45) is 0 Å². The van der Waals surface area contributed by atoms with Crippen molar-refractivity contribution in [2.45, 2.75) is 12.8 Å². The van der Waals surface area contributed by atoms with Gasteiger partial charge in [0.25, 0.3) is 0 Å². The Bertz CT molecular complexity index is 1330. The van der Waals surface area contributed by atoms with Gasteiger partial charge in [-0.15, -0.1) is 0 Å². The van der Waals surface area contributed by atoms with Crippen LogP contribution in [0.15, 0.2) is 66.7 Å². The van der Waals surface area contributed by atoms with Crippen LogP contribution in [0.3, 0.4) is 0 Å². The predicted molar refractivity (Wildman–Crippen MR) is 110 cm³/mol. The Morgan fingerprint density at radius 3 is 2.27 bits per heavy atom. The Morgan fingerprint density at radius 1 is 0.654 bits per heavy atom. The van der Waals surface area contributed by atoms with Crippen molar-refractivity contribution in [2.75, 3.05) is 0 Å². The largest absolute Gasteiger partial charge is 0.355 e. The van der Waals surface area contributed by atoms with Gasteiger partial charge in [-0.05, 0) is 53.8 Å². The number of nitrogens with one attached hydrogen (secondary N) is 2. The Balaban J connectivity index is 1.53. The summed E-state index contributed by atoms with van der Waals surface area (Å²) >= 11 is 0. The van der Waals surface area contributed by atoms with E-state index < -0.39 is 0 Å². The molecule has 0 unspecified atom stereocenters. The predicted octanol–water partition coefficient (Wildman–Crippen LogP) is 6.43. The third-order valence-corrected chi connectivity index (χ3v) is 5.62. The Morgan fingerprint density at radius 2 is 1.38 bits per heavy atom. The molecule has 0 aliphatic heterocycles. The molecule has 0 radical (unpaired) electrons. The number of aryl methyl sites for hydroxylation is 1. The van der Waals surface area contributed by atoms with Crippen LogP contribution in [0.2, 0.25) is 0 Å². The highest BCUT2D eigenvalue weighted by atomic mass is 14.7. The van der Waals surface area contributed by atoms with Crippen molar-refractivity contribution in [1.29, 1.82) is 0 Å². The second kappa shape index (κ2) is 5.12. The summed E-state index contributed by atoms with van der Waals surface area (Å²) in [7, 11) is 0. The van der Waals surface area contributed by atoms with Gasteiger partial charge in [0.15, 0.2) is 0 Å². The monoisotopic (exact) mass is 334 g/mol. The standard InChI is InChI=1S/C24H18N2/c1-3-7-21-17(5-1)19-11-9-15(13-23(19)25-21)16-10-12-20-18-6-2-4-8-22(18)26-24(20)14-16/h1,3-5,7-14,25-26H,2,6H2. The Hall–Kier alpha value is -3.26. The van der Waals surface area contributed by atoms with Gasteiger partial charge in [-0.1, -0.05) is 48.5 Å². The summed E-state index contributed by atoms with van der Waals surface area (Å²) in [6.45, 7) is 0. The molecule has 0 spiro atoms. The fourth-order valence-corrected chi connectivity index (χ4v) is 4.33.